The second kappa shape index (κ2) is 7.30. The fourth-order valence-electron chi connectivity index (χ4n) is 1.75. The van der Waals surface area contributed by atoms with Crippen LogP contribution in [0.3, 0.4) is 0 Å². The summed E-state index contributed by atoms with van der Waals surface area (Å²) < 4.78 is 38.3. The second-order valence-electron chi connectivity index (χ2n) is 4.40. The van der Waals surface area contributed by atoms with Crippen LogP contribution in [0.25, 0.3) is 0 Å². The summed E-state index contributed by atoms with van der Waals surface area (Å²) in [4.78, 5) is 1.21. The van der Waals surface area contributed by atoms with Gasteiger partial charge in [0.1, 0.15) is 0 Å². The van der Waals surface area contributed by atoms with E-state index in [4.69, 9.17) is 23.8 Å². The zero-order valence-electron chi connectivity index (χ0n) is 11.2. The average molecular weight is 365 g/mol. The number of rotatable bonds is 4. The molecule has 22 heavy (non-hydrogen) atoms. The van der Waals surface area contributed by atoms with Gasteiger partial charge in [0, 0.05) is 17.1 Å². The SMILES string of the molecule is FC(F)(F)c1cc(NC(=S)NCCc2cccs2)ccc1Cl. The molecule has 0 bridgehead atoms. The van der Waals surface area contributed by atoms with Crippen molar-refractivity contribution >= 4 is 46.0 Å². The molecule has 1 aromatic heterocycles. The van der Waals surface area contributed by atoms with Gasteiger partial charge in [-0.05, 0) is 48.3 Å². The molecule has 2 N–H and O–H groups in total. The highest BCUT2D eigenvalue weighted by Gasteiger charge is 2.33. The van der Waals surface area contributed by atoms with Crippen LogP contribution < -0.4 is 10.6 Å². The van der Waals surface area contributed by atoms with Crippen molar-refractivity contribution in [1.82, 2.24) is 5.32 Å². The summed E-state index contributed by atoms with van der Waals surface area (Å²) in [5, 5.41) is 7.60. The minimum absolute atomic E-state index is 0.241. The number of halogens is 4. The molecule has 0 fully saturated rings. The van der Waals surface area contributed by atoms with Crippen LogP contribution in [0.1, 0.15) is 10.4 Å². The van der Waals surface area contributed by atoms with E-state index in [1.54, 1.807) is 11.3 Å². The predicted octanol–water partition coefficient (Wildman–Crippen LogP) is 4.95. The molecule has 1 aromatic carbocycles. The van der Waals surface area contributed by atoms with E-state index in [0.717, 1.165) is 12.5 Å². The molecule has 2 aromatic rings. The van der Waals surface area contributed by atoms with E-state index >= 15 is 0 Å². The third-order valence-corrected chi connectivity index (χ3v) is 4.28. The van der Waals surface area contributed by atoms with Crippen LogP contribution in [0.15, 0.2) is 35.7 Å². The van der Waals surface area contributed by atoms with E-state index in [-0.39, 0.29) is 15.8 Å². The maximum absolute atomic E-state index is 12.8. The summed E-state index contributed by atoms with van der Waals surface area (Å²) >= 11 is 12.3. The number of alkyl halides is 3. The lowest BCUT2D eigenvalue weighted by Crippen LogP contribution is -2.30. The second-order valence-corrected chi connectivity index (χ2v) is 6.25. The molecule has 0 aliphatic heterocycles. The van der Waals surface area contributed by atoms with Crippen molar-refractivity contribution < 1.29 is 13.2 Å². The van der Waals surface area contributed by atoms with E-state index in [2.05, 4.69) is 10.6 Å². The number of thiophene rings is 1. The minimum Gasteiger partial charge on any atom is -0.362 e. The number of hydrogen-bond acceptors (Lipinski definition) is 2. The van der Waals surface area contributed by atoms with Crippen molar-refractivity contribution in [3.8, 4) is 0 Å². The molecule has 0 radical (unpaired) electrons. The summed E-state index contributed by atoms with van der Waals surface area (Å²) in [6.45, 7) is 0.603. The van der Waals surface area contributed by atoms with Crippen LogP contribution in [-0.4, -0.2) is 11.7 Å². The number of anilines is 1. The van der Waals surface area contributed by atoms with Crippen molar-refractivity contribution in [2.75, 3.05) is 11.9 Å². The molecule has 0 saturated carbocycles. The molecule has 0 spiro atoms. The van der Waals surface area contributed by atoms with E-state index in [0.29, 0.717) is 6.54 Å². The van der Waals surface area contributed by atoms with Crippen molar-refractivity contribution in [2.45, 2.75) is 12.6 Å². The lowest BCUT2D eigenvalue weighted by Gasteiger charge is -2.13. The van der Waals surface area contributed by atoms with E-state index in [1.807, 2.05) is 17.5 Å². The summed E-state index contributed by atoms with van der Waals surface area (Å²) in [5.41, 5.74) is -0.647. The van der Waals surface area contributed by atoms with Crippen LogP contribution in [-0.2, 0) is 12.6 Å². The molecule has 0 amide bonds. The Labute approximate surface area is 140 Å². The maximum atomic E-state index is 12.8. The van der Waals surface area contributed by atoms with Gasteiger partial charge in [0.25, 0.3) is 0 Å². The van der Waals surface area contributed by atoms with Crippen LogP contribution in [0.5, 0.6) is 0 Å². The first kappa shape index (κ1) is 17.1. The lowest BCUT2D eigenvalue weighted by molar-refractivity contribution is -0.137. The van der Waals surface area contributed by atoms with Gasteiger partial charge in [0.05, 0.1) is 10.6 Å². The molecule has 0 saturated heterocycles. The van der Waals surface area contributed by atoms with Crippen LogP contribution >= 0.6 is 35.2 Å². The van der Waals surface area contributed by atoms with Crippen molar-refractivity contribution in [1.29, 1.82) is 0 Å². The Balaban J connectivity index is 1.91. The van der Waals surface area contributed by atoms with Crippen molar-refractivity contribution in [2.24, 2.45) is 0 Å². The molecule has 0 unspecified atom stereocenters. The van der Waals surface area contributed by atoms with Gasteiger partial charge in [-0.25, -0.2) is 0 Å². The molecule has 0 aliphatic carbocycles. The average Bonchev–Trinajstić information content (AvgIpc) is 2.93. The Bertz CT molecular complexity index is 642. The van der Waals surface area contributed by atoms with Gasteiger partial charge in [-0.3, -0.25) is 0 Å². The smallest absolute Gasteiger partial charge is 0.362 e. The molecule has 8 heteroatoms. The van der Waals surface area contributed by atoms with E-state index in [9.17, 15) is 13.2 Å². The predicted molar refractivity (Wildman–Crippen MR) is 88.7 cm³/mol. The molecule has 118 valence electrons. The first-order valence-corrected chi connectivity index (χ1v) is 7.97. The normalized spacial score (nSPS) is 11.3. The molecule has 1 heterocycles. The lowest BCUT2D eigenvalue weighted by atomic mass is 10.2. The summed E-state index contributed by atoms with van der Waals surface area (Å²) in [7, 11) is 0. The number of benzene rings is 1. The maximum Gasteiger partial charge on any atom is 0.417 e. The quantitative estimate of drug-likeness (QED) is 0.751. The summed E-state index contributed by atoms with van der Waals surface area (Å²) in [5.74, 6) is 0. The van der Waals surface area contributed by atoms with Gasteiger partial charge in [-0.1, -0.05) is 17.7 Å². The third kappa shape index (κ3) is 4.86. The van der Waals surface area contributed by atoms with Crippen molar-refractivity contribution in [3.05, 3.63) is 51.2 Å². The Morgan fingerprint density at radius 2 is 2.05 bits per heavy atom. The molecule has 2 rings (SSSR count). The van der Waals surface area contributed by atoms with E-state index in [1.165, 1.54) is 17.0 Å². The van der Waals surface area contributed by atoms with Gasteiger partial charge in [0.2, 0.25) is 0 Å². The number of nitrogens with one attached hydrogen (secondary N) is 2. The van der Waals surface area contributed by atoms with Gasteiger partial charge >= 0.3 is 6.18 Å². The first-order chi connectivity index (χ1) is 10.4. The highest BCUT2D eigenvalue weighted by atomic mass is 35.5. The van der Waals surface area contributed by atoms with Crippen molar-refractivity contribution in [3.63, 3.8) is 0 Å². The van der Waals surface area contributed by atoms with Crippen LogP contribution in [0.2, 0.25) is 5.02 Å². The fraction of sp³-hybridized carbons (Fsp3) is 0.214. The zero-order valence-corrected chi connectivity index (χ0v) is 13.6. The topological polar surface area (TPSA) is 24.1 Å². The number of thiocarbonyl (C=S) groups is 1. The Kier molecular flexibility index (Phi) is 5.66. The Morgan fingerprint density at radius 1 is 1.27 bits per heavy atom. The highest BCUT2D eigenvalue weighted by molar-refractivity contribution is 7.80. The highest BCUT2D eigenvalue weighted by Crippen LogP contribution is 2.36. The van der Waals surface area contributed by atoms with E-state index < -0.39 is 11.7 Å². The first-order valence-electron chi connectivity index (χ1n) is 6.30. The Hall–Kier alpha value is -1.31. The molecular formula is C14H12ClF3N2S2. The summed E-state index contributed by atoms with van der Waals surface area (Å²) in [6, 6.07) is 7.56. The Morgan fingerprint density at radius 3 is 2.68 bits per heavy atom. The molecule has 0 atom stereocenters. The summed E-state index contributed by atoms with van der Waals surface area (Å²) in [6.07, 6.45) is -3.70. The van der Waals surface area contributed by atoms with Gasteiger partial charge in [0.15, 0.2) is 5.11 Å². The zero-order chi connectivity index (χ0) is 16.2. The van der Waals surface area contributed by atoms with Gasteiger partial charge < -0.3 is 10.6 Å². The monoisotopic (exact) mass is 364 g/mol. The fourth-order valence-corrected chi connectivity index (χ4v) is 2.90. The van der Waals surface area contributed by atoms with Crippen LogP contribution in [0, 0.1) is 0 Å². The van der Waals surface area contributed by atoms with Crippen LogP contribution in [0.4, 0.5) is 18.9 Å². The van der Waals surface area contributed by atoms with Gasteiger partial charge in [-0.2, -0.15) is 13.2 Å². The largest absolute Gasteiger partial charge is 0.417 e. The molecular weight excluding hydrogens is 353 g/mol. The van der Waals surface area contributed by atoms with Gasteiger partial charge in [-0.15, -0.1) is 11.3 Å². The third-order valence-electron chi connectivity index (χ3n) is 2.77. The minimum atomic E-state index is -4.50. The number of hydrogen-bond donors (Lipinski definition) is 2. The molecule has 0 aliphatic rings. The molecule has 2 nitrogen and oxygen atoms in total. The standard InChI is InChI=1S/C14H12ClF3N2S2/c15-12-4-3-9(8-11(12)14(16,17)18)20-13(21)19-6-5-10-2-1-7-22-10/h1-4,7-8H,5-6H2,(H2,19,20,21).